The molecule has 0 saturated carbocycles. The van der Waals surface area contributed by atoms with Gasteiger partial charge < -0.3 is 0 Å². The Balaban J connectivity index is 3.59. The summed E-state index contributed by atoms with van der Waals surface area (Å²) >= 11 is 4.79. The van der Waals surface area contributed by atoms with Crippen LogP contribution in [-0.4, -0.2) is 5.16 Å². The van der Waals surface area contributed by atoms with E-state index in [2.05, 4.69) is 63.8 Å². The molecule has 1 nitrogen and oxygen atoms in total. The molecule has 0 atom stereocenters. The van der Waals surface area contributed by atoms with E-state index >= 15 is 0 Å². The molecule has 0 N–H and O–H groups in total. The van der Waals surface area contributed by atoms with Gasteiger partial charge in [-0.05, 0) is 46.7 Å². The van der Waals surface area contributed by atoms with Crippen LogP contribution >= 0.6 is 12.2 Å². The van der Waals surface area contributed by atoms with Crippen LogP contribution in [0.3, 0.4) is 0 Å². The lowest BCUT2D eigenvalue weighted by Crippen LogP contribution is -2.00. The summed E-state index contributed by atoms with van der Waals surface area (Å²) in [6, 6.07) is 4.54. The topological polar surface area (TPSA) is 12.4 Å². The first-order chi connectivity index (χ1) is 8.38. The summed E-state index contributed by atoms with van der Waals surface area (Å²) in [5.41, 5.74) is 4.97. The molecule has 98 valence electrons. The van der Waals surface area contributed by atoms with Crippen LogP contribution in [0.1, 0.15) is 76.0 Å². The Bertz CT molecular complexity index is 437. The van der Waals surface area contributed by atoms with Crippen molar-refractivity contribution < 1.29 is 0 Å². The molecule has 0 heterocycles. The maximum atomic E-state index is 4.79. The molecule has 0 bridgehead atoms. The van der Waals surface area contributed by atoms with Gasteiger partial charge in [0, 0.05) is 0 Å². The Kier molecular flexibility index (Phi) is 5.25. The summed E-state index contributed by atoms with van der Waals surface area (Å²) in [6.07, 6.45) is 0. The van der Waals surface area contributed by atoms with Gasteiger partial charge in [-0.3, -0.25) is 0 Å². The third-order valence-corrected chi connectivity index (χ3v) is 3.35. The summed E-state index contributed by atoms with van der Waals surface area (Å²) in [5, 5.41) is 2.53. The van der Waals surface area contributed by atoms with Gasteiger partial charge >= 0.3 is 0 Å². The first kappa shape index (κ1) is 15.1. The van der Waals surface area contributed by atoms with Crippen molar-refractivity contribution in [1.82, 2.24) is 0 Å². The first-order valence-electron chi connectivity index (χ1n) is 6.64. The molecule has 0 saturated heterocycles. The molecule has 1 aromatic rings. The number of aliphatic imine (C=N–C) groups is 1. The molecule has 2 heteroatoms. The number of hydrogen-bond donors (Lipinski definition) is 0. The number of benzene rings is 1. The highest BCUT2D eigenvalue weighted by Crippen LogP contribution is 2.37. The average Bonchev–Trinajstić information content (AvgIpc) is 2.28. The predicted octanol–water partition coefficient (Wildman–Crippen LogP) is 5.79. The van der Waals surface area contributed by atoms with E-state index < -0.39 is 0 Å². The second kappa shape index (κ2) is 6.26. The van der Waals surface area contributed by atoms with Crippen LogP contribution in [0.25, 0.3) is 0 Å². The molecule has 0 amide bonds. The lowest BCUT2D eigenvalue weighted by molar-refractivity contribution is 0.805. The fourth-order valence-electron chi connectivity index (χ4n) is 2.09. The van der Waals surface area contributed by atoms with Crippen LogP contribution in [0.15, 0.2) is 17.1 Å². The summed E-state index contributed by atoms with van der Waals surface area (Å²) in [4.78, 5) is 4.31. The van der Waals surface area contributed by atoms with Crippen molar-refractivity contribution in [1.29, 1.82) is 0 Å². The van der Waals surface area contributed by atoms with Gasteiger partial charge in [-0.15, -0.1) is 0 Å². The molecule has 0 unspecified atom stereocenters. The third kappa shape index (κ3) is 3.28. The number of nitrogens with zero attached hydrogens (tertiary/aromatic N) is 1. The van der Waals surface area contributed by atoms with Gasteiger partial charge in [0.2, 0.25) is 0 Å². The van der Waals surface area contributed by atoms with E-state index in [9.17, 15) is 0 Å². The summed E-state index contributed by atoms with van der Waals surface area (Å²) in [5.74, 6) is 1.43. The fraction of sp³-hybridized carbons (Fsp3) is 0.562. The van der Waals surface area contributed by atoms with E-state index in [1.54, 1.807) is 0 Å². The lowest BCUT2D eigenvalue weighted by Gasteiger charge is -2.19. The predicted molar refractivity (Wildman–Crippen MR) is 83.4 cm³/mol. The van der Waals surface area contributed by atoms with Gasteiger partial charge in [0.25, 0.3) is 0 Å². The SMILES string of the molecule is CC(C)c1cc(C(C)C)c(N=C=S)c(C(C)C)c1. The van der Waals surface area contributed by atoms with Crippen LogP contribution in [0.4, 0.5) is 5.69 Å². The molecule has 0 aromatic heterocycles. The van der Waals surface area contributed by atoms with E-state index in [-0.39, 0.29) is 0 Å². The maximum Gasteiger partial charge on any atom is 0.0808 e. The first-order valence-corrected chi connectivity index (χ1v) is 7.04. The minimum Gasteiger partial charge on any atom is -0.194 e. The normalized spacial score (nSPS) is 11.2. The average molecular weight is 261 g/mol. The molecule has 0 aliphatic rings. The van der Waals surface area contributed by atoms with Crippen LogP contribution in [0.5, 0.6) is 0 Å². The highest BCUT2D eigenvalue weighted by molar-refractivity contribution is 7.78. The van der Waals surface area contributed by atoms with Gasteiger partial charge in [0.1, 0.15) is 0 Å². The van der Waals surface area contributed by atoms with Gasteiger partial charge in [0.15, 0.2) is 0 Å². The molecule has 1 rings (SSSR count). The quantitative estimate of drug-likeness (QED) is 0.493. The summed E-state index contributed by atoms with van der Waals surface area (Å²) in [7, 11) is 0. The van der Waals surface area contributed by atoms with Crippen LogP contribution < -0.4 is 0 Å². The zero-order valence-electron chi connectivity index (χ0n) is 12.2. The summed E-state index contributed by atoms with van der Waals surface area (Å²) < 4.78 is 0. The van der Waals surface area contributed by atoms with Crippen molar-refractivity contribution in [3.63, 3.8) is 0 Å². The highest BCUT2D eigenvalue weighted by atomic mass is 32.1. The number of rotatable bonds is 4. The largest absolute Gasteiger partial charge is 0.194 e. The molecule has 18 heavy (non-hydrogen) atoms. The van der Waals surface area contributed by atoms with Gasteiger partial charge in [-0.25, -0.2) is 0 Å². The molecule has 0 aliphatic heterocycles. The monoisotopic (exact) mass is 261 g/mol. The lowest BCUT2D eigenvalue weighted by atomic mass is 9.87. The van der Waals surface area contributed by atoms with Crippen LogP contribution in [0.2, 0.25) is 0 Å². The smallest absolute Gasteiger partial charge is 0.0808 e. The van der Waals surface area contributed by atoms with E-state index in [1.165, 1.54) is 16.7 Å². The Labute approximate surface area is 116 Å². The Hall–Kier alpha value is -0.980. The minimum atomic E-state index is 0.447. The molecule has 0 radical (unpaired) electrons. The molecule has 0 spiro atoms. The van der Waals surface area contributed by atoms with Crippen molar-refractivity contribution in [3.05, 3.63) is 28.8 Å². The van der Waals surface area contributed by atoms with Crippen molar-refractivity contribution in [3.8, 4) is 0 Å². The molecular weight excluding hydrogens is 238 g/mol. The number of isothiocyanates is 1. The Morgan fingerprint density at radius 3 is 1.61 bits per heavy atom. The molecule has 1 aromatic carbocycles. The number of hydrogen-bond acceptors (Lipinski definition) is 2. The van der Waals surface area contributed by atoms with Gasteiger partial charge in [-0.2, -0.15) is 4.99 Å². The van der Waals surface area contributed by atoms with Crippen LogP contribution in [-0.2, 0) is 0 Å². The fourth-order valence-corrected chi connectivity index (χ4v) is 2.18. The van der Waals surface area contributed by atoms with Gasteiger partial charge in [-0.1, -0.05) is 53.7 Å². The molecule has 0 fully saturated rings. The zero-order valence-corrected chi connectivity index (χ0v) is 13.1. The Morgan fingerprint density at radius 1 is 0.889 bits per heavy atom. The summed E-state index contributed by atoms with van der Waals surface area (Å²) in [6.45, 7) is 13.3. The second-order valence-electron chi connectivity index (χ2n) is 5.72. The standard InChI is InChI=1S/C16H23NS/c1-10(2)13-7-14(11(3)4)16(17-9-18)15(8-13)12(5)6/h7-8,10-12H,1-6H3. The highest BCUT2D eigenvalue weighted by Gasteiger charge is 2.16. The van der Waals surface area contributed by atoms with Crippen molar-refractivity contribution in [2.75, 3.05) is 0 Å². The van der Waals surface area contributed by atoms with Gasteiger partial charge in [0.05, 0.1) is 10.8 Å². The van der Waals surface area contributed by atoms with Crippen molar-refractivity contribution in [2.24, 2.45) is 4.99 Å². The Morgan fingerprint density at radius 2 is 1.33 bits per heavy atom. The molecule has 0 aliphatic carbocycles. The zero-order chi connectivity index (χ0) is 13.9. The van der Waals surface area contributed by atoms with Crippen LogP contribution in [0, 0.1) is 0 Å². The maximum absolute atomic E-state index is 4.79. The van der Waals surface area contributed by atoms with E-state index in [1.807, 2.05) is 0 Å². The number of thiocarbonyl (C=S) groups is 1. The second-order valence-corrected chi connectivity index (χ2v) is 5.90. The van der Waals surface area contributed by atoms with Crippen molar-refractivity contribution >= 4 is 23.1 Å². The van der Waals surface area contributed by atoms with E-state index in [4.69, 9.17) is 12.2 Å². The van der Waals surface area contributed by atoms with E-state index in [0.717, 1.165) is 5.69 Å². The molecular formula is C16H23NS. The van der Waals surface area contributed by atoms with Crippen molar-refractivity contribution in [2.45, 2.75) is 59.3 Å². The van der Waals surface area contributed by atoms with E-state index in [0.29, 0.717) is 17.8 Å². The third-order valence-electron chi connectivity index (χ3n) is 3.26. The minimum absolute atomic E-state index is 0.447.